The third-order valence-corrected chi connectivity index (χ3v) is 1.56. The van der Waals surface area contributed by atoms with Gasteiger partial charge in [-0.3, -0.25) is 15.2 Å². The summed E-state index contributed by atoms with van der Waals surface area (Å²) >= 11 is 0. The zero-order valence-corrected chi connectivity index (χ0v) is 8.93. The Balaban J connectivity index is 2.19. The minimum absolute atomic E-state index is 0.0365. The van der Waals surface area contributed by atoms with Crippen LogP contribution in [0, 0.1) is 0 Å². The van der Waals surface area contributed by atoms with Crippen molar-refractivity contribution in [1.82, 2.24) is 15.4 Å². The summed E-state index contributed by atoms with van der Waals surface area (Å²) < 4.78 is 5.18. The number of hydrogen-bond acceptors (Lipinski definition) is 4. The number of hydrogen-bond donors (Lipinski definition) is 1. The van der Waals surface area contributed by atoms with Crippen LogP contribution in [0.25, 0.3) is 0 Å². The number of hydrazine groups is 1. The van der Waals surface area contributed by atoms with Crippen molar-refractivity contribution in [1.29, 1.82) is 0 Å². The Bertz CT molecular complexity index is 301. The molecule has 0 aliphatic carbocycles. The molecule has 0 unspecified atom stereocenters. The summed E-state index contributed by atoms with van der Waals surface area (Å²) in [6.07, 6.45) is 1.69. The Morgan fingerprint density at radius 2 is 2.33 bits per heavy atom. The Kier molecular flexibility index (Phi) is 4.73. The van der Waals surface area contributed by atoms with Crippen molar-refractivity contribution in [2.45, 2.75) is 6.61 Å². The highest BCUT2D eigenvalue weighted by atomic mass is 16.5. The monoisotopic (exact) mass is 209 g/mol. The Morgan fingerprint density at radius 3 is 2.93 bits per heavy atom. The van der Waals surface area contributed by atoms with Gasteiger partial charge in [-0.1, -0.05) is 6.07 Å². The number of amides is 1. The topological polar surface area (TPSA) is 54.5 Å². The number of aromatic nitrogens is 1. The molecule has 0 saturated carbocycles. The summed E-state index contributed by atoms with van der Waals surface area (Å²) in [5.41, 5.74) is 3.39. The summed E-state index contributed by atoms with van der Waals surface area (Å²) in [4.78, 5) is 15.2. The maximum absolute atomic E-state index is 11.1. The van der Waals surface area contributed by atoms with Crippen LogP contribution in [0.15, 0.2) is 24.4 Å². The fourth-order valence-electron chi connectivity index (χ4n) is 1.01. The molecule has 82 valence electrons. The molecule has 1 amide bonds. The third-order valence-electron chi connectivity index (χ3n) is 1.56. The first-order chi connectivity index (χ1) is 7.18. The number of pyridine rings is 1. The molecule has 0 fully saturated rings. The van der Waals surface area contributed by atoms with E-state index in [1.807, 2.05) is 18.2 Å². The second-order valence-corrected chi connectivity index (χ2v) is 3.24. The van der Waals surface area contributed by atoms with Crippen LogP contribution in [0.4, 0.5) is 0 Å². The summed E-state index contributed by atoms with van der Waals surface area (Å²) in [6.45, 7) is 0.385. The van der Waals surface area contributed by atoms with Crippen LogP contribution < -0.4 is 5.43 Å². The van der Waals surface area contributed by atoms with Gasteiger partial charge in [0.25, 0.3) is 5.91 Å². The van der Waals surface area contributed by atoms with E-state index in [1.54, 1.807) is 25.3 Å². The standard InChI is InChI=1S/C10H15N3O2/c1-13(2)12-10(14)8-15-7-9-5-3-4-6-11-9/h3-6H,7-8H2,1-2H3,(H,12,14). The number of rotatable bonds is 5. The molecule has 0 bridgehead atoms. The molecule has 1 N–H and O–H groups in total. The molecule has 0 saturated heterocycles. The molecule has 1 heterocycles. The van der Waals surface area contributed by atoms with Crippen molar-refractivity contribution in [3.05, 3.63) is 30.1 Å². The molecule has 0 aromatic carbocycles. The van der Waals surface area contributed by atoms with Crippen LogP contribution in [-0.2, 0) is 16.1 Å². The Morgan fingerprint density at radius 1 is 1.53 bits per heavy atom. The maximum Gasteiger partial charge on any atom is 0.260 e. The lowest BCUT2D eigenvalue weighted by molar-refractivity contribution is -0.129. The molecular weight excluding hydrogens is 194 g/mol. The van der Waals surface area contributed by atoms with Crippen LogP contribution in [-0.4, -0.2) is 36.6 Å². The van der Waals surface area contributed by atoms with E-state index in [4.69, 9.17) is 4.74 Å². The van der Waals surface area contributed by atoms with Crippen LogP contribution >= 0.6 is 0 Å². The molecule has 1 aromatic heterocycles. The van der Waals surface area contributed by atoms with Crippen LogP contribution in [0.2, 0.25) is 0 Å². The van der Waals surface area contributed by atoms with Crippen molar-refractivity contribution < 1.29 is 9.53 Å². The lowest BCUT2D eigenvalue weighted by Gasteiger charge is -2.11. The first-order valence-corrected chi connectivity index (χ1v) is 4.63. The van der Waals surface area contributed by atoms with E-state index in [1.165, 1.54) is 0 Å². The predicted molar refractivity (Wildman–Crippen MR) is 55.7 cm³/mol. The fourth-order valence-corrected chi connectivity index (χ4v) is 1.01. The average molecular weight is 209 g/mol. The molecule has 1 rings (SSSR count). The van der Waals surface area contributed by atoms with E-state index in [0.29, 0.717) is 6.61 Å². The van der Waals surface area contributed by atoms with Gasteiger partial charge in [-0.05, 0) is 12.1 Å². The van der Waals surface area contributed by atoms with E-state index >= 15 is 0 Å². The van der Waals surface area contributed by atoms with Gasteiger partial charge in [0, 0.05) is 20.3 Å². The molecular formula is C10H15N3O2. The number of nitrogens with zero attached hydrogens (tertiary/aromatic N) is 2. The van der Waals surface area contributed by atoms with Gasteiger partial charge < -0.3 is 4.74 Å². The average Bonchev–Trinajstić information content (AvgIpc) is 2.18. The second kappa shape index (κ2) is 6.10. The van der Waals surface area contributed by atoms with Crippen LogP contribution in [0.1, 0.15) is 5.69 Å². The molecule has 0 atom stereocenters. The van der Waals surface area contributed by atoms with Gasteiger partial charge in [-0.25, -0.2) is 5.01 Å². The number of nitrogens with one attached hydrogen (secondary N) is 1. The van der Waals surface area contributed by atoms with E-state index in [9.17, 15) is 4.79 Å². The van der Waals surface area contributed by atoms with E-state index < -0.39 is 0 Å². The van der Waals surface area contributed by atoms with E-state index in [2.05, 4.69) is 10.4 Å². The van der Waals surface area contributed by atoms with E-state index in [-0.39, 0.29) is 12.5 Å². The van der Waals surface area contributed by atoms with Crippen molar-refractivity contribution in [3.63, 3.8) is 0 Å². The molecule has 1 aromatic rings. The summed E-state index contributed by atoms with van der Waals surface area (Å²) in [5, 5.41) is 1.58. The fraction of sp³-hybridized carbons (Fsp3) is 0.400. The van der Waals surface area contributed by atoms with Gasteiger partial charge in [0.2, 0.25) is 0 Å². The smallest absolute Gasteiger partial charge is 0.260 e. The largest absolute Gasteiger partial charge is 0.365 e. The highest BCUT2D eigenvalue weighted by molar-refractivity contribution is 5.76. The van der Waals surface area contributed by atoms with Gasteiger partial charge in [0.05, 0.1) is 12.3 Å². The molecule has 5 nitrogen and oxygen atoms in total. The van der Waals surface area contributed by atoms with Crippen molar-refractivity contribution in [3.8, 4) is 0 Å². The highest BCUT2D eigenvalue weighted by Gasteiger charge is 2.01. The van der Waals surface area contributed by atoms with Gasteiger partial charge in [0.1, 0.15) is 6.61 Å². The summed E-state index contributed by atoms with van der Waals surface area (Å²) in [6, 6.07) is 5.57. The minimum atomic E-state index is -0.170. The van der Waals surface area contributed by atoms with Crippen LogP contribution in [0.3, 0.4) is 0 Å². The van der Waals surface area contributed by atoms with Crippen molar-refractivity contribution >= 4 is 5.91 Å². The molecule has 0 aliphatic heterocycles. The lowest BCUT2D eigenvalue weighted by Crippen LogP contribution is -2.38. The van der Waals surface area contributed by atoms with Crippen LogP contribution in [0.5, 0.6) is 0 Å². The SMILES string of the molecule is CN(C)NC(=O)COCc1ccccn1. The predicted octanol–water partition coefficient (Wildman–Crippen LogP) is 0.191. The molecule has 5 heteroatoms. The zero-order chi connectivity index (χ0) is 11.1. The quantitative estimate of drug-likeness (QED) is 0.703. The van der Waals surface area contributed by atoms with Gasteiger partial charge >= 0.3 is 0 Å². The molecule has 0 radical (unpaired) electrons. The first kappa shape index (κ1) is 11.6. The minimum Gasteiger partial charge on any atom is -0.365 e. The zero-order valence-electron chi connectivity index (χ0n) is 8.93. The highest BCUT2D eigenvalue weighted by Crippen LogP contribution is 1.95. The molecule has 0 spiro atoms. The number of carbonyl (C=O) groups excluding carboxylic acids is 1. The van der Waals surface area contributed by atoms with Crippen molar-refractivity contribution in [2.24, 2.45) is 0 Å². The van der Waals surface area contributed by atoms with E-state index in [0.717, 1.165) is 5.69 Å². The van der Waals surface area contributed by atoms with Gasteiger partial charge in [0.15, 0.2) is 0 Å². The third kappa shape index (κ3) is 5.09. The number of carbonyl (C=O) groups is 1. The second-order valence-electron chi connectivity index (χ2n) is 3.24. The summed E-state index contributed by atoms with van der Waals surface area (Å²) in [5.74, 6) is -0.170. The maximum atomic E-state index is 11.1. The van der Waals surface area contributed by atoms with Gasteiger partial charge in [-0.15, -0.1) is 0 Å². The van der Waals surface area contributed by atoms with Gasteiger partial charge in [-0.2, -0.15) is 0 Å². The summed E-state index contributed by atoms with van der Waals surface area (Å²) in [7, 11) is 3.49. The lowest BCUT2D eigenvalue weighted by atomic mass is 10.4. The first-order valence-electron chi connectivity index (χ1n) is 4.63. The molecule has 15 heavy (non-hydrogen) atoms. The molecule has 0 aliphatic rings. The van der Waals surface area contributed by atoms with Crippen molar-refractivity contribution in [2.75, 3.05) is 20.7 Å². The Labute approximate surface area is 89.0 Å². The number of ether oxygens (including phenoxy) is 1. The Hall–Kier alpha value is -1.46. The normalized spacial score (nSPS) is 10.3.